The van der Waals surface area contributed by atoms with Gasteiger partial charge >= 0.3 is 11.9 Å². The van der Waals surface area contributed by atoms with Gasteiger partial charge in [0, 0.05) is 12.8 Å². The lowest BCUT2D eigenvalue weighted by atomic mass is 10.3. The first-order chi connectivity index (χ1) is 7.67. The van der Waals surface area contributed by atoms with E-state index in [0.29, 0.717) is 0 Å². The molecule has 0 atom stereocenters. The Morgan fingerprint density at radius 1 is 0.938 bits per heavy atom. The maximum Gasteiger partial charge on any atom is 0.311 e. The van der Waals surface area contributed by atoms with Gasteiger partial charge in [-0.15, -0.1) is 0 Å². The first kappa shape index (κ1) is 12.2. The summed E-state index contributed by atoms with van der Waals surface area (Å²) in [6, 6.07) is 6.60. The van der Waals surface area contributed by atoms with Gasteiger partial charge in [-0.05, 0) is 12.1 Å². The Hall–Kier alpha value is -1.84. The van der Waals surface area contributed by atoms with Gasteiger partial charge < -0.3 is 9.47 Å². The lowest BCUT2D eigenvalue weighted by Gasteiger charge is -2.08. The average Bonchev–Trinajstić information content (AvgIpc) is 2.31. The second kappa shape index (κ2) is 5.90. The summed E-state index contributed by atoms with van der Waals surface area (Å²) >= 11 is 0. The molecule has 0 saturated carbocycles. The van der Waals surface area contributed by atoms with Gasteiger partial charge in [-0.25, -0.2) is 0 Å². The summed E-state index contributed by atoms with van der Waals surface area (Å²) < 4.78 is 10.0. The van der Waals surface area contributed by atoms with Crippen molar-refractivity contribution < 1.29 is 19.1 Å². The van der Waals surface area contributed by atoms with Crippen LogP contribution in [0.3, 0.4) is 0 Å². The molecular formula is C12H14O4. The number of hydrogen-bond acceptors (Lipinski definition) is 4. The van der Waals surface area contributed by atoms with Crippen molar-refractivity contribution in [1.29, 1.82) is 0 Å². The van der Waals surface area contributed by atoms with Crippen molar-refractivity contribution >= 4 is 11.9 Å². The Labute approximate surface area is 94.2 Å². The molecule has 0 aliphatic rings. The summed E-state index contributed by atoms with van der Waals surface area (Å²) in [4.78, 5) is 22.3. The zero-order valence-electron chi connectivity index (χ0n) is 9.36. The van der Waals surface area contributed by atoms with Gasteiger partial charge in [0.25, 0.3) is 0 Å². The molecule has 0 fully saturated rings. The second-order valence-electron chi connectivity index (χ2n) is 3.10. The third-order valence-corrected chi connectivity index (χ3v) is 1.87. The zero-order chi connectivity index (χ0) is 12.0. The van der Waals surface area contributed by atoms with Crippen molar-refractivity contribution in [2.75, 3.05) is 0 Å². The molecule has 1 aromatic carbocycles. The van der Waals surface area contributed by atoms with E-state index in [1.807, 2.05) is 0 Å². The first-order valence-electron chi connectivity index (χ1n) is 5.17. The first-order valence-corrected chi connectivity index (χ1v) is 5.17. The van der Waals surface area contributed by atoms with Crippen LogP contribution in [0.1, 0.15) is 26.7 Å². The molecule has 0 heterocycles. The number of rotatable bonds is 4. The topological polar surface area (TPSA) is 52.6 Å². The van der Waals surface area contributed by atoms with Gasteiger partial charge in [-0.1, -0.05) is 26.0 Å². The number of carbonyl (C=O) groups excluding carboxylic acids is 2. The van der Waals surface area contributed by atoms with Crippen molar-refractivity contribution in [3.63, 3.8) is 0 Å². The van der Waals surface area contributed by atoms with Crippen LogP contribution in [0.4, 0.5) is 0 Å². The van der Waals surface area contributed by atoms with Crippen LogP contribution >= 0.6 is 0 Å². The van der Waals surface area contributed by atoms with E-state index in [-0.39, 0.29) is 36.3 Å². The Balaban J connectivity index is 2.83. The highest BCUT2D eigenvalue weighted by molar-refractivity contribution is 5.75. The number of esters is 2. The molecule has 1 rings (SSSR count). The number of carbonyl (C=O) groups is 2. The lowest BCUT2D eigenvalue weighted by Crippen LogP contribution is -2.10. The third-order valence-electron chi connectivity index (χ3n) is 1.87. The monoisotopic (exact) mass is 222 g/mol. The molecular weight excluding hydrogens is 208 g/mol. The van der Waals surface area contributed by atoms with Crippen LogP contribution in [0, 0.1) is 0 Å². The van der Waals surface area contributed by atoms with Gasteiger partial charge in [0.2, 0.25) is 0 Å². The highest BCUT2D eigenvalue weighted by Gasteiger charge is 2.10. The van der Waals surface area contributed by atoms with Crippen molar-refractivity contribution in [1.82, 2.24) is 0 Å². The highest BCUT2D eigenvalue weighted by atomic mass is 16.6. The minimum Gasteiger partial charge on any atom is -0.423 e. The lowest BCUT2D eigenvalue weighted by molar-refractivity contribution is -0.136. The van der Waals surface area contributed by atoms with Gasteiger partial charge in [0.05, 0.1) is 0 Å². The molecule has 0 aromatic heterocycles. The Bertz CT molecular complexity index is 347. The fourth-order valence-electron chi connectivity index (χ4n) is 1.01. The van der Waals surface area contributed by atoms with Crippen LogP contribution in [-0.4, -0.2) is 11.9 Å². The predicted octanol–water partition coefficient (Wildman–Crippen LogP) is 2.32. The fraction of sp³-hybridized carbons (Fsp3) is 0.333. The summed E-state index contributed by atoms with van der Waals surface area (Å²) in [5, 5.41) is 0. The molecule has 0 spiro atoms. The Morgan fingerprint density at radius 3 is 1.62 bits per heavy atom. The van der Waals surface area contributed by atoms with Crippen LogP contribution in [0.15, 0.2) is 24.3 Å². The Kier molecular flexibility index (Phi) is 4.51. The molecule has 1 aromatic rings. The predicted molar refractivity (Wildman–Crippen MR) is 58.3 cm³/mol. The molecule has 0 amide bonds. The number of hydrogen-bond donors (Lipinski definition) is 0. The summed E-state index contributed by atoms with van der Waals surface area (Å²) in [7, 11) is 0. The molecule has 0 aliphatic carbocycles. The highest BCUT2D eigenvalue weighted by Crippen LogP contribution is 2.27. The number of para-hydroxylation sites is 2. The van der Waals surface area contributed by atoms with E-state index < -0.39 is 0 Å². The van der Waals surface area contributed by atoms with Crippen molar-refractivity contribution in [2.24, 2.45) is 0 Å². The summed E-state index contributed by atoms with van der Waals surface area (Å²) in [6.07, 6.45) is 0.548. The summed E-state index contributed by atoms with van der Waals surface area (Å²) in [6.45, 7) is 3.39. The minimum absolute atomic E-state index is 0.274. The number of ether oxygens (including phenoxy) is 2. The Morgan fingerprint density at radius 2 is 1.31 bits per heavy atom. The molecule has 0 radical (unpaired) electrons. The molecule has 0 N–H and O–H groups in total. The quantitative estimate of drug-likeness (QED) is 0.579. The van der Waals surface area contributed by atoms with E-state index in [4.69, 9.17) is 9.47 Å². The molecule has 4 nitrogen and oxygen atoms in total. The third kappa shape index (κ3) is 3.38. The van der Waals surface area contributed by atoms with E-state index in [0.717, 1.165) is 0 Å². The molecule has 0 aliphatic heterocycles. The minimum atomic E-state index is -0.361. The molecule has 86 valence electrons. The van der Waals surface area contributed by atoms with Gasteiger partial charge in [0.15, 0.2) is 11.5 Å². The van der Waals surface area contributed by atoms with Crippen LogP contribution in [0.25, 0.3) is 0 Å². The molecule has 16 heavy (non-hydrogen) atoms. The van der Waals surface area contributed by atoms with Crippen LogP contribution in [0.2, 0.25) is 0 Å². The molecule has 0 saturated heterocycles. The van der Waals surface area contributed by atoms with Crippen LogP contribution < -0.4 is 9.47 Å². The SMILES string of the molecule is CCC(=O)Oc1ccccc1OC(=O)CC. The van der Waals surface area contributed by atoms with E-state index in [1.165, 1.54) is 0 Å². The second-order valence-corrected chi connectivity index (χ2v) is 3.10. The van der Waals surface area contributed by atoms with Crippen LogP contribution in [0.5, 0.6) is 11.5 Å². The standard InChI is InChI=1S/C12H14O4/c1-3-11(13)15-9-7-5-6-8-10(9)16-12(14)4-2/h5-8H,3-4H2,1-2H3. The van der Waals surface area contributed by atoms with Gasteiger partial charge in [-0.2, -0.15) is 0 Å². The van der Waals surface area contributed by atoms with Gasteiger partial charge in [0.1, 0.15) is 0 Å². The van der Waals surface area contributed by atoms with Crippen LogP contribution in [-0.2, 0) is 9.59 Å². The zero-order valence-corrected chi connectivity index (χ0v) is 9.36. The van der Waals surface area contributed by atoms with Crippen molar-refractivity contribution in [3.05, 3.63) is 24.3 Å². The molecule has 4 heteroatoms. The van der Waals surface area contributed by atoms with E-state index in [9.17, 15) is 9.59 Å². The van der Waals surface area contributed by atoms with E-state index in [2.05, 4.69) is 0 Å². The molecule has 0 unspecified atom stereocenters. The fourth-order valence-corrected chi connectivity index (χ4v) is 1.01. The van der Waals surface area contributed by atoms with E-state index >= 15 is 0 Å². The normalized spacial score (nSPS) is 9.62. The number of benzene rings is 1. The maximum atomic E-state index is 11.1. The summed E-state index contributed by atoms with van der Waals surface area (Å²) in [5.74, 6) is -0.174. The summed E-state index contributed by atoms with van der Waals surface area (Å²) in [5.41, 5.74) is 0. The average molecular weight is 222 g/mol. The van der Waals surface area contributed by atoms with Crippen molar-refractivity contribution in [2.45, 2.75) is 26.7 Å². The van der Waals surface area contributed by atoms with Crippen molar-refractivity contribution in [3.8, 4) is 11.5 Å². The smallest absolute Gasteiger partial charge is 0.311 e. The largest absolute Gasteiger partial charge is 0.423 e. The maximum absolute atomic E-state index is 11.1. The van der Waals surface area contributed by atoms with E-state index in [1.54, 1.807) is 38.1 Å². The molecule has 0 bridgehead atoms. The van der Waals surface area contributed by atoms with Gasteiger partial charge in [-0.3, -0.25) is 9.59 Å².